The van der Waals surface area contributed by atoms with Gasteiger partial charge in [0.05, 0.1) is 11.5 Å². The zero-order valence-electron chi connectivity index (χ0n) is 11.5. The lowest BCUT2D eigenvalue weighted by molar-refractivity contribution is -0.155. The van der Waals surface area contributed by atoms with Gasteiger partial charge in [-0.2, -0.15) is 0 Å². The topological polar surface area (TPSA) is 104 Å². The van der Waals surface area contributed by atoms with Gasteiger partial charge in [-0.1, -0.05) is 0 Å². The summed E-state index contributed by atoms with van der Waals surface area (Å²) in [6.45, 7) is 2.31. The van der Waals surface area contributed by atoms with E-state index in [1.54, 1.807) is 6.92 Å². The van der Waals surface area contributed by atoms with Gasteiger partial charge in [0, 0.05) is 25.6 Å². The lowest BCUT2D eigenvalue weighted by Crippen LogP contribution is -2.53. The first kappa shape index (κ1) is 15.2. The largest absolute Gasteiger partial charge is 0.480 e. The number of carboxylic acids is 1. The molecule has 2 aliphatic heterocycles. The predicted molar refractivity (Wildman–Crippen MR) is 72.0 cm³/mol. The van der Waals surface area contributed by atoms with Gasteiger partial charge < -0.3 is 15.3 Å². The molecule has 0 aromatic rings. The van der Waals surface area contributed by atoms with Gasteiger partial charge in [-0.3, -0.25) is 4.79 Å². The standard InChI is InChI=1S/C12H20N2O5S/c1-12(11(16)17)3-2-5-14(12)10(15)7-9-8-20(18,19)6-4-13-9/h9,13H,2-8H2,1H3,(H,16,17). The molecule has 1 amide bonds. The highest BCUT2D eigenvalue weighted by molar-refractivity contribution is 7.91. The molecule has 2 unspecified atom stereocenters. The molecule has 0 aliphatic carbocycles. The molecule has 0 spiro atoms. The molecule has 20 heavy (non-hydrogen) atoms. The highest BCUT2D eigenvalue weighted by Crippen LogP contribution is 2.30. The Kier molecular flexibility index (Phi) is 4.06. The van der Waals surface area contributed by atoms with E-state index in [1.807, 2.05) is 0 Å². The smallest absolute Gasteiger partial charge is 0.329 e. The lowest BCUT2D eigenvalue weighted by atomic mass is 9.98. The van der Waals surface area contributed by atoms with Crippen LogP contribution in [0.4, 0.5) is 0 Å². The maximum Gasteiger partial charge on any atom is 0.329 e. The zero-order valence-corrected chi connectivity index (χ0v) is 12.3. The van der Waals surface area contributed by atoms with E-state index in [2.05, 4.69) is 5.32 Å². The molecule has 8 heteroatoms. The van der Waals surface area contributed by atoms with Gasteiger partial charge in [0.1, 0.15) is 5.54 Å². The fourth-order valence-electron chi connectivity index (χ4n) is 2.90. The Bertz CT molecular complexity index is 518. The third kappa shape index (κ3) is 2.95. The van der Waals surface area contributed by atoms with Gasteiger partial charge in [-0.25, -0.2) is 13.2 Å². The van der Waals surface area contributed by atoms with E-state index in [1.165, 1.54) is 4.90 Å². The van der Waals surface area contributed by atoms with E-state index < -0.39 is 27.4 Å². The third-order valence-electron chi connectivity index (χ3n) is 4.13. The van der Waals surface area contributed by atoms with Crippen LogP contribution in [-0.4, -0.2) is 66.5 Å². The summed E-state index contributed by atoms with van der Waals surface area (Å²) in [5.41, 5.74) is -1.16. The van der Waals surface area contributed by atoms with Crippen molar-refractivity contribution in [1.82, 2.24) is 10.2 Å². The van der Waals surface area contributed by atoms with Crippen molar-refractivity contribution < 1.29 is 23.1 Å². The number of amides is 1. The van der Waals surface area contributed by atoms with Crippen LogP contribution in [0, 0.1) is 0 Å². The van der Waals surface area contributed by atoms with Gasteiger partial charge in [0.2, 0.25) is 5.91 Å². The minimum Gasteiger partial charge on any atom is -0.480 e. The van der Waals surface area contributed by atoms with Crippen molar-refractivity contribution in [2.75, 3.05) is 24.6 Å². The molecule has 0 aromatic heterocycles. The number of sulfone groups is 1. The first-order valence-corrected chi connectivity index (χ1v) is 8.54. The number of carboxylic acid groups (broad SMARTS) is 1. The Balaban J connectivity index is 2.03. The van der Waals surface area contributed by atoms with Gasteiger partial charge in [-0.05, 0) is 19.8 Å². The molecular weight excluding hydrogens is 284 g/mol. The van der Waals surface area contributed by atoms with Crippen LogP contribution in [0.25, 0.3) is 0 Å². The summed E-state index contributed by atoms with van der Waals surface area (Å²) < 4.78 is 23.1. The molecule has 2 aliphatic rings. The van der Waals surface area contributed by atoms with Crippen molar-refractivity contribution in [2.24, 2.45) is 0 Å². The maximum atomic E-state index is 12.3. The van der Waals surface area contributed by atoms with Gasteiger partial charge >= 0.3 is 5.97 Å². The first-order valence-electron chi connectivity index (χ1n) is 6.72. The molecule has 0 radical (unpaired) electrons. The van der Waals surface area contributed by atoms with Gasteiger partial charge in [0.15, 0.2) is 9.84 Å². The summed E-state index contributed by atoms with van der Waals surface area (Å²) in [5.74, 6) is -1.26. The van der Waals surface area contributed by atoms with Crippen molar-refractivity contribution in [3.05, 3.63) is 0 Å². The molecule has 2 N–H and O–H groups in total. The highest BCUT2D eigenvalue weighted by Gasteiger charge is 2.46. The number of carbonyl (C=O) groups excluding carboxylic acids is 1. The number of hydrogen-bond donors (Lipinski definition) is 2. The van der Waals surface area contributed by atoms with E-state index in [4.69, 9.17) is 0 Å². The second kappa shape index (κ2) is 5.33. The molecule has 2 atom stereocenters. The van der Waals surface area contributed by atoms with Crippen LogP contribution in [0.3, 0.4) is 0 Å². The van der Waals surface area contributed by atoms with Crippen LogP contribution in [0.1, 0.15) is 26.2 Å². The van der Waals surface area contributed by atoms with Gasteiger partial charge in [-0.15, -0.1) is 0 Å². The van der Waals surface area contributed by atoms with E-state index in [9.17, 15) is 23.1 Å². The fourth-order valence-corrected chi connectivity index (χ4v) is 4.35. The van der Waals surface area contributed by atoms with Crippen LogP contribution in [0.2, 0.25) is 0 Å². The van der Waals surface area contributed by atoms with Crippen LogP contribution in [-0.2, 0) is 19.4 Å². The minimum atomic E-state index is -3.10. The molecule has 2 rings (SSSR count). The summed E-state index contributed by atoms with van der Waals surface area (Å²) in [6.07, 6.45) is 1.12. The molecule has 0 bridgehead atoms. The average Bonchev–Trinajstić information content (AvgIpc) is 2.71. The Morgan fingerprint density at radius 2 is 2.15 bits per heavy atom. The van der Waals surface area contributed by atoms with Crippen molar-refractivity contribution in [2.45, 2.75) is 37.8 Å². The number of likely N-dealkylation sites (tertiary alicyclic amines) is 1. The molecule has 0 saturated carbocycles. The summed E-state index contributed by atoms with van der Waals surface area (Å²) in [7, 11) is -3.10. The monoisotopic (exact) mass is 304 g/mol. The minimum absolute atomic E-state index is 0.0299. The second-order valence-corrected chi connectivity index (χ2v) is 7.93. The Labute approximate surface area is 118 Å². The fraction of sp³-hybridized carbons (Fsp3) is 0.833. The number of rotatable bonds is 3. The predicted octanol–water partition coefficient (Wildman–Crippen LogP) is -0.771. The molecule has 2 fully saturated rings. The SMILES string of the molecule is CC1(C(=O)O)CCCN1C(=O)CC1CS(=O)(=O)CCN1. The van der Waals surface area contributed by atoms with Gasteiger partial charge in [0.25, 0.3) is 0 Å². The van der Waals surface area contributed by atoms with Crippen LogP contribution in [0.15, 0.2) is 0 Å². The third-order valence-corrected chi connectivity index (χ3v) is 5.86. The summed E-state index contributed by atoms with van der Waals surface area (Å²) >= 11 is 0. The highest BCUT2D eigenvalue weighted by atomic mass is 32.2. The maximum absolute atomic E-state index is 12.3. The first-order chi connectivity index (χ1) is 9.24. The molecule has 2 heterocycles. The van der Waals surface area contributed by atoms with Crippen molar-refractivity contribution >= 4 is 21.7 Å². The molecule has 114 valence electrons. The van der Waals surface area contributed by atoms with E-state index in [-0.39, 0.29) is 23.8 Å². The Hall–Kier alpha value is -1.15. The van der Waals surface area contributed by atoms with Crippen molar-refractivity contribution in [1.29, 1.82) is 0 Å². The van der Waals surface area contributed by atoms with E-state index >= 15 is 0 Å². The summed E-state index contributed by atoms with van der Waals surface area (Å²) in [5, 5.41) is 12.3. The number of aliphatic carboxylic acids is 1. The number of nitrogens with one attached hydrogen (secondary N) is 1. The Morgan fingerprint density at radius 3 is 2.75 bits per heavy atom. The summed E-state index contributed by atoms with van der Waals surface area (Å²) in [6, 6.07) is -0.417. The lowest BCUT2D eigenvalue weighted by Gasteiger charge is -2.33. The summed E-state index contributed by atoms with van der Waals surface area (Å²) in [4.78, 5) is 25.0. The number of nitrogens with zero attached hydrogens (tertiary/aromatic N) is 1. The number of carbonyl (C=O) groups is 2. The van der Waals surface area contributed by atoms with Crippen molar-refractivity contribution in [3.63, 3.8) is 0 Å². The molecule has 7 nitrogen and oxygen atoms in total. The molecular formula is C12H20N2O5S. The van der Waals surface area contributed by atoms with Crippen LogP contribution >= 0.6 is 0 Å². The molecule has 0 aromatic carbocycles. The normalized spacial score (nSPS) is 33.0. The van der Waals surface area contributed by atoms with Crippen LogP contribution < -0.4 is 5.32 Å². The number of hydrogen-bond acceptors (Lipinski definition) is 5. The van der Waals surface area contributed by atoms with E-state index in [0.29, 0.717) is 25.9 Å². The zero-order chi connectivity index (χ0) is 15.0. The van der Waals surface area contributed by atoms with Crippen molar-refractivity contribution in [3.8, 4) is 0 Å². The quantitative estimate of drug-likeness (QED) is 0.709. The second-order valence-electron chi connectivity index (χ2n) is 5.70. The van der Waals surface area contributed by atoms with E-state index in [0.717, 1.165) is 0 Å². The van der Waals surface area contributed by atoms with Crippen LogP contribution in [0.5, 0.6) is 0 Å². The average molecular weight is 304 g/mol. The molecule has 2 saturated heterocycles. The Morgan fingerprint density at radius 1 is 1.45 bits per heavy atom.